The lowest BCUT2D eigenvalue weighted by Gasteiger charge is -2.21. The van der Waals surface area contributed by atoms with Crippen LogP contribution in [-0.2, 0) is 0 Å². The number of aryl methyl sites for hydroxylation is 1. The first-order valence-corrected chi connectivity index (χ1v) is 10.9. The molecule has 0 radical (unpaired) electrons. The van der Waals surface area contributed by atoms with E-state index in [-0.39, 0.29) is 5.91 Å². The quantitative estimate of drug-likeness (QED) is 0.382. The van der Waals surface area contributed by atoms with Gasteiger partial charge in [-0.15, -0.1) is 0 Å². The number of H-pyrrole nitrogens is 1. The van der Waals surface area contributed by atoms with Crippen LogP contribution in [0.2, 0.25) is 5.02 Å². The molecule has 2 aromatic heterocycles. The first kappa shape index (κ1) is 21.8. The highest BCUT2D eigenvalue weighted by Crippen LogP contribution is 2.28. The number of unbranched alkanes of at least 4 members (excludes halogenated alkanes) is 2. The number of nitrogens with zero attached hydrogens (tertiary/aromatic N) is 5. The van der Waals surface area contributed by atoms with Gasteiger partial charge in [0.15, 0.2) is 0 Å². The molecule has 0 unspecified atom stereocenters. The number of imidazole rings is 1. The van der Waals surface area contributed by atoms with E-state index in [0.717, 1.165) is 35.9 Å². The highest BCUT2D eigenvalue weighted by atomic mass is 35.5. The summed E-state index contributed by atoms with van der Waals surface area (Å²) in [5.41, 5.74) is 3.44. The van der Waals surface area contributed by atoms with Gasteiger partial charge in [-0.3, -0.25) is 9.69 Å². The average molecular weight is 453 g/mol. The second-order valence-electron chi connectivity index (χ2n) is 7.49. The molecule has 4 rings (SSSR count). The number of fused-ring (bicyclic) bond motifs is 1. The maximum absolute atomic E-state index is 13.9. The van der Waals surface area contributed by atoms with Crippen molar-refractivity contribution in [3.63, 3.8) is 0 Å². The van der Waals surface area contributed by atoms with Crippen LogP contribution in [0.5, 0.6) is 5.75 Å². The van der Waals surface area contributed by atoms with Gasteiger partial charge in [0, 0.05) is 11.6 Å². The maximum Gasteiger partial charge on any atom is 0.262 e. The van der Waals surface area contributed by atoms with Gasteiger partial charge in [-0.25, -0.2) is 4.98 Å². The van der Waals surface area contributed by atoms with Gasteiger partial charge in [-0.2, -0.15) is 15.0 Å². The molecule has 1 N–H and O–H groups in total. The first-order valence-electron chi connectivity index (χ1n) is 10.5. The Bertz CT molecular complexity index is 1240. The third-order valence-electron chi connectivity index (χ3n) is 5.38. The molecule has 2 aromatic carbocycles. The molecular formula is C23H25ClN6O2. The molecule has 1 amide bonds. The van der Waals surface area contributed by atoms with Gasteiger partial charge in [0.05, 0.1) is 41.8 Å². The molecule has 0 saturated carbocycles. The molecule has 0 aliphatic carbocycles. The molecule has 0 atom stereocenters. The Kier molecular flexibility index (Phi) is 6.41. The highest BCUT2D eigenvalue weighted by Gasteiger charge is 2.25. The van der Waals surface area contributed by atoms with Crippen LogP contribution in [0, 0.1) is 6.92 Å². The summed E-state index contributed by atoms with van der Waals surface area (Å²) in [5, 5.41) is 9.05. The number of rotatable bonds is 8. The van der Waals surface area contributed by atoms with Crippen molar-refractivity contribution in [1.82, 2.24) is 25.0 Å². The van der Waals surface area contributed by atoms with Gasteiger partial charge in [0.25, 0.3) is 5.91 Å². The number of hydrogen-bond donors (Lipinski definition) is 1. The molecule has 0 saturated heterocycles. The van der Waals surface area contributed by atoms with E-state index >= 15 is 0 Å². The summed E-state index contributed by atoms with van der Waals surface area (Å²) >= 11 is 6.28. The minimum atomic E-state index is -0.213. The van der Waals surface area contributed by atoms with Crippen LogP contribution in [0.15, 0.2) is 42.7 Å². The van der Waals surface area contributed by atoms with Gasteiger partial charge >= 0.3 is 0 Å². The fourth-order valence-corrected chi connectivity index (χ4v) is 3.75. The Morgan fingerprint density at radius 2 is 1.97 bits per heavy atom. The number of hydrogen-bond acceptors (Lipinski definition) is 5. The molecule has 8 nitrogen and oxygen atoms in total. The standard InChI is InChI=1S/C23H25ClN6O2/c1-4-5-6-13-29(23-27-19-9-8-18(24)15(2)21(19)28-23)22(31)17-14-16(32-3)7-10-20(17)30-25-11-12-26-30/h7-12,14H,4-6,13H2,1-3H3,(H,27,28). The largest absolute Gasteiger partial charge is 0.497 e. The van der Waals surface area contributed by atoms with Gasteiger partial charge in [0.1, 0.15) is 5.75 Å². The van der Waals surface area contributed by atoms with Crippen molar-refractivity contribution in [2.45, 2.75) is 33.1 Å². The van der Waals surface area contributed by atoms with Crippen molar-refractivity contribution in [2.24, 2.45) is 0 Å². The molecule has 4 aromatic rings. The second-order valence-corrected chi connectivity index (χ2v) is 7.90. The Labute approximate surface area is 191 Å². The lowest BCUT2D eigenvalue weighted by atomic mass is 10.1. The van der Waals surface area contributed by atoms with Crippen LogP contribution < -0.4 is 9.64 Å². The molecule has 0 fully saturated rings. The number of ether oxygens (including phenoxy) is 1. The second kappa shape index (κ2) is 9.40. The fraction of sp³-hybridized carbons (Fsp3) is 0.304. The smallest absolute Gasteiger partial charge is 0.262 e. The third-order valence-corrected chi connectivity index (χ3v) is 5.79. The predicted octanol–water partition coefficient (Wildman–Crippen LogP) is 4.95. The van der Waals surface area contributed by atoms with Gasteiger partial charge < -0.3 is 9.72 Å². The molecule has 0 aliphatic rings. The van der Waals surface area contributed by atoms with Gasteiger partial charge in [0.2, 0.25) is 5.95 Å². The van der Waals surface area contributed by atoms with E-state index in [1.165, 1.54) is 4.80 Å². The third kappa shape index (κ3) is 4.18. The lowest BCUT2D eigenvalue weighted by molar-refractivity contribution is 0.0984. The van der Waals surface area contributed by atoms with Crippen molar-refractivity contribution in [3.8, 4) is 11.4 Å². The number of halogens is 1. The summed E-state index contributed by atoms with van der Waals surface area (Å²) in [7, 11) is 1.57. The molecule has 0 spiro atoms. The summed E-state index contributed by atoms with van der Waals surface area (Å²) in [6.07, 6.45) is 6.03. The van der Waals surface area contributed by atoms with E-state index in [9.17, 15) is 4.79 Å². The van der Waals surface area contributed by atoms with Gasteiger partial charge in [-0.1, -0.05) is 31.4 Å². The Morgan fingerprint density at radius 3 is 2.69 bits per heavy atom. The highest BCUT2D eigenvalue weighted by molar-refractivity contribution is 6.32. The SMILES string of the molecule is CCCCCN(C(=O)c1cc(OC)ccc1-n1nccn1)c1nc2c(C)c(Cl)ccc2[nH]1. The van der Waals surface area contributed by atoms with E-state index in [4.69, 9.17) is 21.3 Å². The van der Waals surface area contributed by atoms with Crippen molar-refractivity contribution in [1.29, 1.82) is 0 Å². The number of aromatic nitrogens is 5. The number of nitrogens with one attached hydrogen (secondary N) is 1. The summed E-state index contributed by atoms with van der Waals surface area (Å²) in [6.45, 7) is 4.56. The van der Waals surface area contributed by atoms with Crippen molar-refractivity contribution < 1.29 is 9.53 Å². The van der Waals surface area contributed by atoms with Crippen molar-refractivity contribution in [3.05, 3.63) is 58.9 Å². The van der Waals surface area contributed by atoms with Crippen LogP contribution >= 0.6 is 11.6 Å². The zero-order valence-corrected chi connectivity index (χ0v) is 19.1. The summed E-state index contributed by atoms with van der Waals surface area (Å²) in [5.74, 6) is 0.841. The number of methoxy groups -OCH3 is 1. The van der Waals surface area contributed by atoms with E-state index in [0.29, 0.717) is 34.5 Å². The van der Waals surface area contributed by atoms with Crippen LogP contribution in [0.1, 0.15) is 42.1 Å². The summed E-state index contributed by atoms with van der Waals surface area (Å²) in [6, 6.07) is 8.97. The van der Waals surface area contributed by atoms with E-state index in [2.05, 4.69) is 22.1 Å². The maximum atomic E-state index is 13.9. The van der Waals surface area contributed by atoms with E-state index in [1.807, 2.05) is 19.1 Å². The summed E-state index contributed by atoms with van der Waals surface area (Å²) in [4.78, 5) is 25.0. The molecule has 32 heavy (non-hydrogen) atoms. The first-order chi connectivity index (χ1) is 15.5. The molecular weight excluding hydrogens is 428 g/mol. The Morgan fingerprint density at radius 1 is 1.19 bits per heavy atom. The van der Waals surface area contributed by atoms with Crippen LogP contribution in [0.4, 0.5) is 5.95 Å². The summed E-state index contributed by atoms with van der Waals surface area (Å²) < 4.78 is 5.38. The molecule has 0 bridgehead atoms. The minimum Gasteiger partial charge on any atom is -0.497 e. The number of carbonyl (C=O) groups is 1. The number of amides is 1. The van der Waals surface area contributed by atoms with Crippen LogP contribution in [0.25, 0.3) is 16.7 Å². The number of aromatic amines is 1. The van der Waals surface area contributed by atoms with Crippen molar-refractivity contribution >= 4 is 34.5 Å². The monoisotopic (exact) mass is 452 g/mol. The van der Waals surface area contributed by atoms with Crippen molar-refractivity contribution in [2.75, 3.05) is 18.6 Å². The number of anilines is 1. The Hall–Kier alpha value is -3.39. The zero-order chi connectivity index (χ0) is 22.7. The average Bonchev–Trinajstić information content (AvgIpc) is 3.49. The minimum absolute atomic E-state index is 0.213. The number of carbonyl (C=O) groups excluding carboxylic acids is 1. The molecule has 166 valence electrons. The molecule has 9 heteroatoms. The number of benzene rings is 2. The fourth-order valence-electron chi connectivity index (χ4n) is 3.60. The van der Waals surface area contributed by atoms with E-state index in [1.54, 1.807) is 42.6 Å². The lowest BCUT2D eigenvalue weighted by Crippen LogP contribution is -2.33. The van der Waals surface area contributed by atoms with Crippen LogP contribution in [-0.4, -0.2) is 44.5 Å². The van der Waals surface area contributed by atoms with E-state index < -0.39 is 0 Å². The zero-order valence-electron chi connectivity index (χ0n) is 18.3. The topological polar surface area (TPSA) is 88.9 Å². The molecule has 2 heterocycles. The van der Waals surface area contributed by atoms with Crippen LogP contribution in [0.3, 0.4) is 0 Å². The molecule has 0 aliphatic heterocycles. The normalized spacial score (nSPS) is 11.1. The Balaban J connectivity index is 1.81. The predicted molar refractivity (Wildman–Crippen MR) is 125 cm³/mol. The van der Waals surface area contributed by atoms with Gasteiger partial charge in [-0.05, 0) is 49.2 Å².